The van der Waals surface area contributed by atoms with Crippen LogP contribution in [-0.4, -0.2) is 27.2 Å². The Kier molecular flexibility index (Phi) is 5.70. The van der Waals surface area contributed by atoms with Gasteiger partial charge in [-0.3, -0.25) is 0 Å². The molecule has 0 spiro atoms. The monoisotopic (exact) mass is 300 g/mol. The van der Waals surface area contributed by atoms with Crippen LogP contribution in [0.1, 0.15) is 31.9 Å². The summed E-state index contributed by atoms with van der Waals surface area (Å²) >= 11 is 0. The van der Waals surface area contributed by atoms with Crippen molar-refractivity contribution in [1.82, 2.24) is 4.72 Å². The molecule has 0 atom stereocenters. The Hall–Kier alpha value is -0.950. The summed E-state index contributed by atoms with van der Waals surface area (Å²) in [7, 11) is -3.55. The van der Waals surface area contributed by atoms with Gasteiger partial charge in [-0.1, -0.05) is 6.07 Å². The average molecular weight is 300 g/mol. The van der Waals surface area contributed by atoms with Crippen molar-refractivity contribution in [3.63, 3.8) is 0 Å². The predicted molar refractivity (Wildman–Crippen MR) is 80.0 cm³/mol. The fourth-order valence-corrected chi connectivity index (χ4v) is 3.08. The SMILES string of the molecule is CCOC(C)(C)CNS(=O)(=O)c1ccc(C)c(CN)c1. The molecular weight excluding hydrogens is 276 g/mol. The highest BCUT2D eigenvalue weighted by molar-refractivity contribution is 7.89. The van der Waals surface area contributed by atoms with E-state index in [1.54, 1.807) is 18.2 Å². The normalized spacial score (nSPS) is 12.7. The molecule has 20 heavy (non-hydrogen) atoms. The Balaban J connectivity index is 2.89. The molecule has 0 saturated heterocycles. The minimum atomic E-state index is -3.55. The first-order chi connectivity index (χ1) is 9.22. The largest absolute Gasteiger partial charge is 0.375 e. The van der Waals surface area contributed by atoms with Crippen molar-refractivity contribution < 1.29 is 13.2 Å². The van der Waals surface area contributed by atoms with Gasteiger partial charge in [-0.25, -0.2) is 13.1 Å². The zero-order valence-electron chi connectivity index (χ0n) is 12.6. The number of sulfonamides is 1. The first-order valence-corrected chi connectivity index (χ1v) is 8.13. The Morgan fingerprint density at radius 2 is 2.00 bits per heavy atom. The van der Waals surface area contributed by atoms with Gasteiger partial charge in [0.1, 0.15) is 0 Å². The second-order valence-corrected chi connectivity index (χ2v) is 7.08. The Morgan fingerprint density at radius 3 is 2.55 bits per heavy atom. The molecule has 0 amide bonds. The lowest BCUT2D eigenvalue weighted by Crippen LogP contribution is -2.40. The van der Waals surface area contributed by atoms with Gasteiger partial charge in [-0.2, -0.15) is 0 Å². The number of nitrogens with two attached hydrogens (primary N) is 1. The van der Waals surface area contributed by atoms with Crippen molar-refractivity contribution in [1.29, 1.82) is 0 Å². The highest BCUT2D eigenvalue weighted by Gasteiger charge is 2.22. The lowest BCUT2D eigenvalue weighted by atomic mass is 10.1. The molecule has 0 radical (unpaired) electrons. The Labute approximate surface area is 121 Å². The van der Waals surface area contributed by atoms with Crippen molar-refractivity contribution >= 4 is 10.0 Å². The molecule has 0 aliphatic carbocycles. The van der Waals surface area contributed by atoms with Gasteiger partial charge in [0.15, 0.2) is 0 Å². The Bertz CT molecular complexity index is 554. The van der Waals surface area contributed by atoms with Gasteiger partial charge >= 0.3 is 0 Å². The molecule has 1 aromatic carbocycles. The standard InChI is InChI=1S/C14H24N2O3S/c1-5-19-14(3,4)10-16-20(17,18)13-7-6-11(2)12(8-13)9-15/h6-8,16H,5,9-10,15H2,1-4H3. The molecule has 1 aromatic rings. The van der Waals surface area contributed by atoms with Gasteiger partial charge < -0.3 is 10.5 Å². The third-order valence-electron chi connectivity index (χ3n) is 3.07. The van der Waals surface area contributed by atoms with E-state index in [9.17, 15) is 8.42 Å². The summed E-state index contributed by atoms with van der Waals surface area (Å²) in [6.45, 7) is 8.55. The maximum Gasteiger partial charge on any atom is 0.240 e. The molecule has 1 rings (SSSR count). The molecule has 0 fully saturated rings. The summed E-state index contributed by atoms with van der Waals surface area (Å²) in [5.41, 5.74) is 6.89. The molecular formula is C14H24N2O3S. The number of ether oxygens (including phenoxy) is 1. The van der Waals surface area contributed by atoms with Gasteiger partial charge in [0.25, 0.3) is 0 Å². The number of nitrogens with one attached hydrogen (secondary N) is 1. The molecule has 6 heteroatoms. The van der Waals surface area contributed by atoms with Gasteiger partial charge in [-0.05, 0) is 51.0 Å². The van der Waals surface area contributed by atoms with E-state index in [1.165, 1.54) is 0 Å². The molecule has 0 unspecified atom stereocenters. The number of aryl methyl sites for hydroxylation is 1. The van der Waals surface area contributed by atoms with E-state index in [1.807, 2.05) is 27.7 Å². The molecule has 5 nitrogen and oxygen atoms in total. The van der Waals surface area contributed by atoms with Crippen LogP contribution in [0.2, 0.25) is 0 Å². The lowest BCUT2D eigenvalue weighted by Gasteiger charge is -2.24. The highest BCUT2D eigenvalue weighted by atomic mass is 32.2. The van der Waals surface area contributed by atoms with E-state index in [4.69, 9.17) is 10.5 Å². The second-order valence-electron chi connectivity index (χ2n) is 5.31. The molecule has 3 N–H and O–H groups in total. The molecule has 0 aromatic heterocycles. The fourth-order valence-electron chi connectivity index (χ4n) is 1.83. The second kappa shape index (κ2) is 6.67. The third kappa shape index (κ3) is 4.56. The lowest BCUT2D eigenvalue weighted by molar-refractivity contribution is -0.00515. The number of rotatable bonds is 7. The summed E-state index contributed by atoms with van der Waals surface area (Å²) in [4.78, 5) is 0.232. The molecule has 0 saturated carbocycles. The van der Waals surface area contributed by atoms with Gasteiger partial charge in [0.2, 0.25) is 10.0 Å². The van der Waals surface area contributed by atoms with Crippen molar-refractivity contribution in [2.45, 2.75) is 44.7 Å². The van der Waals surface area contributed by atoms with Crippen molar-refractivity contribution in [2.24, 2.45) is 5.73 Å². The summed E-state index contributed by atoms with van der Waals surface area (Å²) in [6.07, 6.45) is 0. The van der Waals surface area contributed by atoms with Crippen LogP contribution in [0.5, 0.6) is 0 Å². The zero-order chi connectivity index (χ0) is 15.4. The van der Waals surface area contributed by atoms with Gasteiger partial charge in [0.05, 0.1) is 10.5 Å². The van der Waals surface area contributed by atoms with E-state index in [0.717, 1.165) is 11.1 Å². The van der Waals surface area contributed by atoms with Gasteiger partial charge in [0, 0.05) is 19.7 Å². The van der Waals surface area contributed by atoms with Crippen LogP contribution >= 0.6 is 0 Å². The van der Waals surface area contributed by atoms with Crippen LogP contribution in [-0.2, 0) is 21.3 Å². The van der Waals surface area contributed by atoms with Crippen molar-refractivity contribution in [3.05, 3.63) is 29.3 Å². The molecule has 0 aliphatic rings. The quantitative estimate of drug-likeness (QED) is 0.800. The maximum atomic E-state index is 12.3. The highest BCUT2D eigenvalue weighted by Crippen LogP contribution is 2.16. The number of hydrogen-bond donors (Lipinski definition) is 2. The van der Waals surface area contributed by atoms with Crippen LogP contribution < -0.4 is 10.5 Å². The van der Waals surface area contributed by atoms with E-state index in [0.29, 0.717) is 13.2 Å². The van der Waals surface area contributed by atoms with Crippen molar-refractivity contribution in [3.8, 4) is 0 Å². The van der Waals surface area contributed by atoms with Gasteiger partial charge in [-0.15, -0.1) is 0 Å². The molecule has 0 bridgehead atoms. The number of benzene rings is 1. The van der Waals surface area contributed by atoms with Crippen LogP contribution in [0.4, 0.5) is 0 Å². The van der Waals surface area contributed by atoms with E-state index in [2.05, 4.69) is 4.72 Å². The summed E-state index contributed by atoms with van der Waals surface area (Å²) in [5, 5.41) is 0. The van der Waals surface area contributed by atoms with E-state index in [-0.39, 0.29) is 11.4 Å². The van der Waals surface area contributed by atoms with Crippen LogP contribution in [0, 0.1) is 6.92 Å². The topological polar surface area (TPSA) is 81.4 Å². The maximum absolute atomic E-state index is 12.3. The first-order valence-electron chi connectivity index (χ1n) is 6.65. The summed E-state index contributed by atoms with van der Waals surface area (Å²) in [5.74, 6) is 0. The third-order valence-corrected chi connectivity index (χ3v) is 4.47. The molecule has 0 aliphatic heterocycles. The average Bonchev–Trinajstić information content (AvgIpc) is 2.37. The summed E-state index contributed by atoms with van der Waals surface area (Å²) < 4.78 is 32.6. The van der Waals surface area contributed by atoms with Crippen LogP contribution in [0.25, 0.3) is 0 Å². The summed E-state index contributed by atoms with van der Waals surface area (Å²) in [6, 6.07) is 4.97. The molecule has 0 heterocycles. The molecule has 114 valence electrons. The minimum absolute atomic E-state index is 0.217. The Morgan fingerprint density at radius 1 is 1.35 bits per heavy atom. The minimum Gasteiger partial charge on any atom is -0.375 e. The van der Waals surface area contributed by atoms with Crippen molar-refractivity contribution in [2.75, 3.05) is 13.2 Å². The first kappa shape index (κ1) is 17.1. The van der Waals surface area contributed by atoms with Crippen LogP contribution in [0.3, 0.4) is 0 Å². The van der Waals surface area contributed by atoms with Crippen LogP contribution in [0.15, 0.2) is 23.1 Å². The van der Waals surface area contributed by atoms with E-state index < -0.39 is 15.6 Å². The smallest absolute Gasteiger partial charge is 0.240 e. The predicted octanol–water partition coefficient (Wildman–Crippen LogP) is 1.55. The number of hydrogen-bond acceptors (Lipinski definition) is 4. The zero-order valence-corrected chi connectivity index (χ0v) is 13.4. The fraction of sp³-hybridized carbons (Fsp3) is 0.571. The van der Waals surface area contributed by atoms with E-state index >= 15 is 0 Å².